The van der Waals surface area contributed by atoms with Crippen molar-refractivity contribution in [2.24, 2.45) is 5.92 Å². The summed E-state index contributed by atoms with van der Waals surface area (Å²) in [5.74, 6) is 1.45. The summed E-state index contributed by atoms with van der Waals surface area (Å²) in [7, 11) is 0. The van der Waals surface area contributed by atoms with Crippen molar-refractivity contribution in [2.45, 2.75) is 51.2 Å². The van der Waals surface area contributed by atoms with Crippen molar-refractivity contribution in [3.05, 3.63) is 83.9 Å². The number of fused-ring (bicyclic) bond motifs is 1. The number of amides is 2. The van der Waals surface area contributed by atoms with Gasteiger partial charge in [0.25, 0.3) is 5.91 Å². The Balaban J connectivity index is 1.15. The van der Waals surface area contributed by atoms with E-state index in [0.29, 0.717) is 17.9 Å². The maximum atomic E-state index is 13.3. The fourth-order valence-corrected chi connectivity index (χ4v) is 5.49. The van der Waals surface area contributed by atoms with Gasteiger partial charge in [0.1, 0.15) is 11.9 Å². The molecule has 0 spiro atoms. The highest BCUT2D eigenvalue weighted by molar-refractivity contribution is 6.01. The monoisotopic (exact) mass is 522 g/mol. The zero-order chi connectivity index (χ0) is 26.8. The van der Waals surface area contributed by atoms with E-state index in [-0.39, 0.29) is 24.0 Å². The lowest BCUT2D eigenvalue weighted by atomic mass is 10.0. The van der Waals surface area contributed by atoms with Crippen LogP contribution in [-0.2, 0) is 4.79 Å². The van der Waals surface area contributed by atoms with Crippen molar-refractivity contribution < 1.29 is 14.3 Å². The molecule has 2 aliphatic rings. The summed E-state index contributed by atoms with van der Waals surface area (Å²) < 4.78 is 6.21. The quantitative estimate of drug-likeness (QED) is 0.302. The molecule has 3 aromatic carbocycles. The number of carbonyl (C=O) groups excluding carboxylic acids is 2. The Bertz CT molecular complexity index is 1450. The van der Waals surface area contributed by atoms with Crippen LogP contribution in [0.2, 0.25) is 0 Å². The molecular formula is C32H34N4O3. The second kappa shape index (κ2) is 10.9. The predicted molar refractivity (Wildman–Crippen MR) is 151 cm³/mol. The SMILES string of the molecule is CCC(=O)N1CCC(Oc2ccc(-c3n[nH]c4ccc(C(=O)NC(c5ccccc5)C5CC5)cc34)cc2)CC1. The number of nitrogens with one attached hydrogen (secondary N) is 2. The number of aromatic amines is 1. The van der Waals surface area contributed by atoms with Crippen molar-refractivity contribution in [1.82, 2.24) is 20.4 Å². The third-order valence-corrected chi connectivity index (χ3v) is 7.89. The van der Waals surface area contributed by atoms with Crippen LogP contribution >= 0.6 is 0 Å². The van der Waals surface area contributed by atoms with Crippen LogP contribution in [0.25, 0.3) is 22.2 Å². The van der Waals surface area contributed by atoms with Crippen LogP contribution in [0.4, 0.5) is 0 Å². The Morgan fingerprint density at radius 3 is 2.44 bits per heavy atom. The number of hydrogen-bond donors (Lipinski definition) is 2. The van der Waals surface area contributed by atoms with Gasteiger partial charge in [0.15, 0.2) is 0 Å². The van der Waals surface area contributed by atoms with E-state index in [9.17, 15) is 9.59 Å². The molecule has 39 heavy (non-hydrogen) atoms. The Morgan fingerprint density at radius 2 is 1.74 bits per heavy atom. The molecule has 2 amide bonds. The number of aromatic nitrogens is 2. The van der Waals surface area contributed by atoms with Gasteiger partial charge in [-0.15, -0.1) is 0 Å². The minimum absolute atomic E-state index is 0.0325. The van der Waals surface area contributed by atoms with Gasteiger partial charge in [0, 0.05) is 48.9 Å². The molecule has 2 N–H and O–H groups in total. The molecule has 1 atom stereocenters. The number of H-pyrrole nitrogens is 1. The zero-order valence-electron chi connectivity index (χ0n) is 22.2. The number of likely N-dealkylation sites (tertiary alicyclic amines) is 1. The van der Waals surface area contributed by atoms with Gasteiger partial charge in [-0.2, -0.15) is 5.10 Å². The highest BCUT2D eigenvalue weighted by atomic mass is 16.5. The van der Waals surface area contributed by atoms with Crippen molar-refractivity contribution in [3.8, 4) is 17.0 Å². The summed E-state index contributed by atoms with van der Waals surface area (Å²) in [5.41, 5.74) is 4.42. The highest BCUT2D eigenvalue weighted by Crippen LogP contribution is 2.41. The summed E-state index contributed by atoms with van der Waals surface area (Å²) in [6, 6.07) is 23.9. The van der Waals surface area contributed by atoms with E-state index >= 15 is 0 Å². The Morgan fingerprint density at radius 1 is 1.00 bits per heavy atom. The number of hydrogen-bond acceptors (Lipinski definition) is 4. The zero-order valence-corrected chi connectivity index (χ0v) is 22.2. The largest absolute Gasteiger partial charge is 0.490 e. The number of piperidine rings is 1. The average molecular weight is 523 g/mol. The molecule has 1 aromatic heterocycles. The van der Waals surface area contributed by atoms with E-state index in [1.807, 2.05) is 72.5 Å². The Hall–Kier alpha value is -4.13. The molecule has 1 saturated carbocycles. The molecule has 7 heteroatoms. The van der Waals surface area contributed by atoms with Gasteiger partial charge in [-0.3, -0.25) is 14.7 Å². The minimum atomic E-state index is -0.0692. The van der Waals surface area contributed by atoms with E-state index in [4.69, 9.17) is 4.74 Å². The number of rotatable bonds is 8. The molecule has 1 saturated heterocycles. The van der Waals surface area contributed by atoms with Crippen LogP contribution in [0.1, 0.15) is 61.0 Å². The maximum Gasteiger partial charge on any atom is 0.251 e. The fourth-order valence-electron chi connectivity index (χ4n) is 5.49. The fraction of sp³-hybridized carbons (Fsp3) is 0.344. The van der Waals surface area contributed by atoms with Crippen LogP contribution in [0.5, 0.6) is 5.75 Å². The summed E-state index contributed by atoms with van der Waals surface area (Å²) in [5, 5.41) is 11.8. The van der Waals surface area contributed by atoms with Crippen molar-refractivity contribution in [2.75, 3.05) is 13.1 Å². The molecule has 1 unspecified atom stereocenters. The topological polar surface area (TPSA) is 87.3 Å². The first-order valence-corrected chi connectivity index (χ1v) is 14.0. The van der Waals surface area contributed by atoms with E-state index in [2.05, 4.69) is 27.6 Å². The van der Waals surface area contributed by atoms with Crippen LogP contribution in [0.15, 0.2) is 72.8 Å². The summed E-state index contributed by atoms with van der Waals surface area (Å²) in [6.07, 6.45) is 4.63. The first kappa shape index (κ1) is 25.2. The second-order valence-electron chi connectivity index (χ2n) is 10.6. The molecule has 0 radical (unpaired) electrons. The van der Waals surface area contributed by atoms with Gasteiger partial charge in [0.05, 0.1) is 17.3 Å². The molecule has 2 fully saturated rings. The normalized spacial score (nSPS) is 16.7. The van der Waals surface area contributed by atoms with E-state index in [1.165, 1.54) is 0 Å². The van der Waals surface area contributed by atoms with Crippen molar-refractivity contribution in [1.29, 1.82) is 0 Å². The van der Waals surface area contributed by atoms with Gasteiger partial charge in [-0.05, 0) is 66.8 Å². The predicted octanol–water partition coefficient (Wildman–Crippen LogP) is 5.89. The van der Waals surface area contributed by atoms with Crippen LogP contribution in [-0.4, -0.2) is 46.1 Å². The Labute approximate surface area is 228 Å². The Kier molecular flexibility index (Phi) is 7.05. The number of ether oxygens (including phenoxy) is 1. The van der Waals surface area contributed by atoms with Crippen LogP contribution in [0, 0.1) is 5.92 Å². The molecule has 6 rings (SSSR count). The molecule has 1 aliphatic carbocycles. The maximum absolute atomic E-state index is 13.3. The third-order valence-electron chi connectivity index (χ3n) is 7.89. The standard InChI is InChI=1S/C32H34N4O3/c1-2-29(37)36-18-16-26(17-19-36)39-25-13-10-23(11-14-25)31-27-20-24(12-15-28(27)34-35-31)32(38)33-30(22-8-9-22)21-6-4-3-5-7-21/h3-7,10-15,20,22,26,30H,2,8-9,16-19H2,1H3,(H,33,38)(H,34,35). The lowest BCUT2D eigenvalue weighted by Gasteiger charge is -2.32. The van der Waals surface area contributed by atoms with Crippen molar-refractivity contribution >= 4 is 22.7 Å². The van der Waals surface area contributed by atoms with E-state index in [0.717, 1.165) is 72.2 Å². The number of nitrogens with zero attached hydrogens (tertiary/aromatic N) is 2. The summed E-state index contributed by atoms with van der Waals surface area (Å²) in [4.78, 5) is 27.2. The highest BCUT2D eigenvalue weighted by Gasteiger charge is 2.33. The minimum Gasteiger partial charge on any atom is -0.490 e. The van der Waals surface area contributed by atoms with Gasteiger partial charge in [0.2, 0.25) is 5.91 Å². The molecule has 0 bridgehead atoms. The molecule has 200 valence electrons. The third kappa shape index (κ3) is 5.53. The smallest absolute Gasteiger partial charge is 0.251 e. The lowest BCUT2D eigenvalue weighted by Crippen LogP contribution is -2.41. The number of benzene rings is 3. The lowest BCUT2D eigenvalue weighted by molar-refractivity contribution is -0.132. The van der Waals surface area contributed by atoms with Crippen molar-refractivity contribution in [3.63, 3.8) is 0 Å². The first-order valence-electron chi connectivity index (χ1n) is 14.0. The second-order valence-corrected chi connectivity index (χ2v) is 10.6. The molecule has 7 nitrogen and oxygen atoms in total. The van der Waals surface area contributed by atoms with Gasteiger partial charge in [-0.25, -0.2) is 0 Å². The molecule has 1 aliphatic heterocycles. The first-order chi connectivity index (χ1) is 19.1. The average Bonchev–Trinajstić information content (AvgIpc) is 3.74. The number of carbonyl (C=O) groups is 2. The van der Waals surface area contributed by atoms with Gasteiger partial charge in [-0.1, -0.05) is 37.3 Å². The van der Waals surface area contributed by atoms with Gasteiger partial charge < -0.3 is 15.0 Å². The van der Waals surface area contributed by atoms with Crippen LogP contribution < -0.4 is 10.1 Å². The molecule has 4 aromatic rings. The molecular weight excluding hydrogens is 488 g/mol. The van der Waals surface area contributed by atoms with E-state index in [1.54, 1.807) is 0 Å². The van der Waals surface area contributed by atoms with Gasteiger partial charge >= 0.3 is 0 Å². The summed E-state index contributed by atoms with van der Waals surface area (Å²) >= 11 is 0. The summed E-state index contributed by atoms with van der Waals surface area (Å²) in [6.45, 7) is 3.40. The molecule has 2 heterocycles. The van der Waals surface area contributed by atoms with Crippen LogP contribution in [0.3, 0.4) is 0 Å². The van der Waals surface area contributed by atoms with E-state index < -0.39 is 0 Å².